The van der Waals surface area contributed by atoms with Crippen molar-refractivity contribution in [1.29, 1.82) is 0 Å². The first kappa shape index (κ1) is 15.1. The van der Waals surface area contributed by atoms with E-state index in [1.165, 1.54) is 24.6 Å². The summed E-state index contributed by atoms with van der Waals surface area (Å²) in [5.41, 5.74) is 3.09. The van der Waals surface area contributed by atoms with Crippen LogP contribution in [0.3, 0.4) is 0 Å². The first-order chi connectivity index (χ1) is 10.6. The Hall–Kier alpha value is -1.77. The van der Waals surface area contributed by atoms with Gasteiger partial charge in [-0.1, -0.05) is 38.0 Å². The normalized spacial score (nSPS) is 22.0. The van der Waals surface area contributed by atoms with Gasteiger partial charge in [0.2, 0.25) is 0 Å². The molecular weight excluding hydrogens is 272 g/mol. The van der Waals surface area contributed by atoms with E-state index in [1.807, 2.05) is 12.1 Å². The van der Waals surface area contributed by atoms with Gasteiger partial charge in [0.25, 0.3) is 5.91 Å². The zero-order valence-corrected chi connectivity index (χ0v) is 13.9. The van der Waals surface area contributed by atoms with Gasteiger partial charge in [0, 0.05) is 23.5 Å². The highest BCUT2D eigenvalue weighted by Gasteiger charge is 2.26. The minimum atomic E-state index is 0.0919. The number of aromatic nitrogens is 1. The molecule has 1 aliphatic carbocycles. The summed E-state index contributed by atoms with van der Waals surface area (Å²) in [5.74, 6) is 0.673. The molecule has 1 aliphatic rings. The second-order valence-corrected chi connectivity index (χ2v) is 6.58. The molecule has 118 valence electrons. The third-order valence-electron chi connectivity index (χ3n) is 5.18. The minimum Gasteiger partial charge on any atom is -0.348 e. The summed E-state index contributed by atoms with van der Waals surface area (Å²) in [6.07, 6.45) is 4.85. The number of para-hydroxylation sites is 1. The SMILES string of the molecule is CCn1c(C(=O)NC2CCCCC2C)c(C)c2ccccc21. The number of nitrogens with one attached hydrogen (secondary N) is 1. The van der Waals surface area contributed by atoms with E-state index in [1.54, 1.807) is 0 Å². The third kappa shape index (κ3) is 2.53. The lowest BCUT2D eigenvalue weighted by Crippen LogP contribution is -2.41. The van der Waals surface area contributed by atoms with E-state index in [0.717, 1.165) is 29.7 Å². The molecule has 1 aromatic heterocycles. The average molecular weight is 298 g/mol. The molecule has 0 spiro atoms. The zero-order valence-electron chi connectivity index (χ0n) is 13.9. The molecule has 1 fully saturated rings. The molecule has 1 saturated carbocycles. The summed E-state index contributed by atoms with van der Waals surface area (Å²) >= 11 is 0. The Balaban J connectivity index is 1.95. The van der Waals surface area contributed by atoms with E-state index >= 15 is 0 Å². The number of amides is 1. The molecule has 1 N–H and O–H groups in total. The summed E-state index contributed by atoms with van der Waals surface area (Å²) in [6, 6.07) is 8.62. The lowest BCUT2D eigenvalue weighted by atomic mass is 9.86. The Labute approximate surface area is 132 Å². The quantitative estimate of drug-likeness (QED) is 0.901. The largest absolute Gasteiger partial charge is 0.348 e. The van der Waals surface area contributed by atoms with Crippen LogP contribution in [0, 0.1) is 12.8 Å². The molecule has 2 aromatic rings. The van der Waals surface area contributed by atoms with Crippen molar-refractivity contribution in [2.75, 3.05) is 0 Å². The lowest BCUT2D eigenvalue weighted by molar-refractivity contribution is 0.0900. The van der Waals surface area contributed by atoms with Gasteiger partial charge in [-0.25, -0.2) is 0 Å². The summed E-state index contributed by atoms with van der Waals surface area (Å²) in [5, 5.41) is 4.49. The highest BCUT2D eigenvalue weighted by atomic mass is 16.2. The number of carbonyl (C=O) groups is 1. The standard InChI is InChI=1S/C19H26N2O/c1-4-21-17-12-8-6-10-15(17)14(3)18(21)19(22)20-16-11-7-5-9-13(16)2/h6,8,10,12-13,16H,4-5,7,9,11H2,1-3H3,(H,20,22). The van der Waals surface area contributed by atoms with Gasteiger partial charge in [0.1, 0.15) is 5.69 Å². The second kappa shape index (κ2) is 6.15. The fourth-order valence-corrected chi connectivity index (χ4v) is 3.87. The summed E-state index contributed by atoms with van der Waals surface area (Å²) in [7, 11) is 0. The Morgan fingerprint density at radius 3 is 2.73 bits per heavy atom. The molecule has 2 unspecified atom stereocenters. The van der Waals surface area contributed by atoms with Crippen LogP contribution in [0.1, 0.15) is 55.6 Å². The number of aryl methyl sites for hydroxylation is 2. The summed E-state index contributed by atoms with van der Waals surface area (Å²) in [6.45, 7) is 7.24. The number of carbonyl (C=O) groups excluding carboxylic acids is 1. The van der Waals surface area contributed by atoms with Gasteiger partial charge in [0.15, 0.2) is 0 Å². The first-order valence-corrected chi connectivity index (χ1v) is 8.52. The van der Waals surface area contributed by atoms with Crippen LogP contribution >= 0.6 is 0 Å². The van der Waals surface area contributed by atoms with Gasteiger partial charge in [-0.15, -0.1) is 0 Å². The first-order valence-electron chi connectivity index (χ1n) is 8.52. The van der Waals surface area contributed by atoms with E-state index in [9.17, 15) is 4.79 Å². The number of hydrogen-bond donors (Lipinski definition) is 1. The number of benzene rings is 1. The fourth-order valence-electron chi connectivity index (χ4n) is 3.87. The Bertz CT molecular complexity index is 686. The minimum absolute atomic E-state index is 0.0919. The van der Waals surface area contributed by atoms with Crippen molar-refractivity contribution in [3.63, 3.8) is 0 Å². The summed E-state index contributed by atoms with van der Waals surface area (Å²) in [4.78, 5) is 12.9. The highest BCUT2D eigenvalue weighted by molar-refractivity contribution is 6.01. The molecule has 1 aromatic carbocycles. The van der Waals surface area contributed by atoms with E-state index in [2.05, 4.69) is 42.8 Å². The maximum atomic E-state index is 12.9. The van der Waals surface area contributed by atoms with Crippen LogP contribution in [-0.2, 0) is 6.54 Å². The third-order valence-corrected chi connectivity index (χ3v) is 5.18. The molecule has 22 heavy (non-hydrogen) atoms. The molecule has 0 bridgehead atoms. The van der Waals surface area contributed by atoms with Crippen LogP contribution < -0.4 is 5.32 Å². The van der Waals surface area contributed by atoms with Gasteiger partial charge in [0.05, 0.1) is 0 Å². The zero-order chi connectivity index (χ0) is 15.7. The summed E-state index contributed by atoms with van der Waals surface area (Å²) < 4.78 is 2.15. The lowest BCUT2D eigenvalue weighted by Gasteiger charge is -2.29. The predicted octanol–water partition coefficient (Wildman–Crippen LogP) is 4.28. The molecule has 1 heterocycles. The molecule has 2 atom stereocenters. The predicted molar refractivity (Wildman–Crippen MR) is 91.2 cm³/mol. The van der Waals surface area contributed by atoms with Crippen LogP contribution in [0.25, 0.3) is 10.9 Å². The van der Waals surface area contributed by atoms with Gasteiger partial charge in [-0.05, 0) is 44.2 Å². The van der Waals surface area contributed by atoms with Crippen molar-refractivity contribution < 1.29 is 4.79 Å². The molecule has 0 aliphatic heterocycles. The van der Waals surface area contributed by atoms with Crippen molar-refractivity contribution in [2.45, 2.75) is 59.0 Å². The molecule has 0 saturated heterocycles. The maximum Gasteiger partial charge on any atom is 0.268 e. The van der Waals surface area contributed by atoms with Crippen LogP contribution in [0.15, 0.2) is 24.3 Å². The Kier molecular flexibility index (Phi) is 4.23. The topological polar surface area (TPSA) is 34.0 Å². The van der Waals surface area contributed by atoms with Crippen molar-refractivity contribution in [1.82, 2.24) is 9.88 Å². The van der Waals surface area contributed by atoms with E-state index in [-0.39, 0.29) is 5.91 Å². The van der Waals surface area contributed by atoms with Crippen LogP contribution in [-0.4, -0.2) is 16.5 Å². The Morgan fingerprint density at radius 1 is 1.27 bits per heavy atom. The second-order valence-electron chi connectivity index (χ2n) is 6.58. The molecule has 3 heteroatoms. The van der Waals surface area contributed by atoms with Crippen LogP contribution in [0.2, 0.25) is 0 Å². The molecule has 3 rings (SSSR count). The highest BCUT2D eigenvalue weighted by Crippen LogP contribution is 2.27. The van der Waals surface area contributed by atoms with Crippen LogP contribution in [0.5, 0.6) is 0 Å². The number of rotatable bonds is 3. The van der Waals surface area contributed by atoms with Gasteiger partial charge < -0.3 is 9.88 Å². The molecular formula is C19H26N2O. The van der Waals surface area contributed by atoms with Crippen molar-refractivity contribution in [2.24, 2.45) is 5.92 Å². The molecule has 1 amide bonds. The number of nitrogens with zero attached hydrogens (tertiary/aromatic N) is 1. The van der Waals surface area contributed by atoms with Gasteiger partial charge in [-0.3, -0.25) is 4.79 Å². The number of fused-ring (bicyclic) bond motifs is 1. The fraction of sp³-hybridized carbons (Fsp3) is 0.526. The van der Waals surface area contributed by atoms with E-state index in [0.29, 0.717) is 12.0 Å². The maximum absolute atomic E-state index is 12.9. The smallest absolute Gasteiger partial charge is 0.268 e. The molecule has 0 radical (unpaired) electrons. The average Bonchev–Trinajstić information content (AvgIpc) is 2.82. The van der Waals surface area contributed by atoms with E-state index in [4.69, 9.17) is 0 Å². The van der Waals surface area contributed by atoms with E-state index < -0.39 is 0 Å². The molecule has 3 nitrogen and oxygen atoms in total. The van der Waals surface area contributed by atoms with Crippen molar-refractivity contribution >= 4 is 16.8 Å². The van der Waals surface area contributed by atoms with Gasteiger partial charge in [-0.2, -0.15) is 0 Å². The monoisotopic (exact) mass is 298 g/mol. The van der Waals surface area contributed by atoms with Gasteiger partial charge >= 0.3 is 0 Å². The van der Waals surface area contributed by atoms with Crippen LogP contribution in [0.4, 0.5) is 0 Å². The van der Waals surface area contributed by atoms with Crippen molar-refractivity contribution in [3.8, 4) is 0 Å². The number of hydrogen-bond acceptors (Lipinski definition) is 1. The van der Waals surface area contributed by atoms with Crippen molar-refractivity contribution in [3.05, 3.63) is 35.5 Å². The Morgan fingerprint density at radius 2 is 2.00 bits per heavy atom.